The van der Waals surface area contributed by atoms with Crippen LogP contribution >= 0.6 is 0 Å². The summed E-state index contributed by atoms with van der Waals surface area (Å²) in [4.78, 5) is 24.7. The van der Waals surface area contributed by atoms with E-state index < -0.39 is 0 Å². The first-order valence-corrected chi connectivity index (χ1v) is 8.24. The minimum atomic E-state index is -0.0863. The highest BCUT2D eigenvalue weighted by molar-refractivity contribution is 5.89. The van der Waals surface area contributed by atoms with Crippen LogP contribution in [-0.2, 0) is 6.42 Å². The van der Waals surface area contributed by atoms with Crippen molar-refractivity contribution in [1.82, 2.24) is 14.9 Å². The third kappa shape index (κ3) is 3.82. The molecule has 0 radical (unpaired) electrons. The number of carbonyl (C=O) groups is 1. The Kier molecular flexibility index (Phi) is 4.93. The van der Waals surface area contributed by atoms with Crippen molar-refractivity contribution in [2.45, 2.75) is 25.3 Å². The van der Waals surface area contributed by atoms with Crippen LogP contribution in [0, 0.1) is 0 Å². The Hall–Kier alpha value is -2.63. The lowest BCUT2D eigenvalue weighted by Gasteiger charge is -2.25. The minimum absolute atomic E-state index is 0.0863. The maximum Gasteiger partial charge on any atom is 0.323 e. The molecule has 1 saturated heterocycles. The molecular weight excluding hydrogens is 302 g/mol. The van der Waals surface area contributed by atoms with Crippen LogP contribution in [0.5, 0.6) is 0 Å². The summed E-state index contributed by atoms with van der Waals surface area (Å²) in [5, 5.41) is 2.90. The van der Waals surface area contributed by atoms with Crippen LogP contribution in [0.2, 0.25) is 0 Å². The topological polar surface area (TPSA) is 61.4 Å². The molecule has 126 valence electrons. The molecule has 1 aliphatic heterocycles. The van der Waals surface area contributed by atoms with Crippen molar-refractivity contribution in [3.63, 3.8) is 0 Å². The Balaban J connectivity index is 1.66. The lowest BCUT2D eigenvalue weighted by molar-refractivity contribution is 0.206. The number of rotatable bonds is 4. The van der Waals surface area contributed by atoms with Crippen LogP contribution in [-0.4, -0.2) is 47.6 Å². The summed E-state index contributed by atoms with van der Waals surface area (Å²) >= 11 is 0. The Morgan fingerprint density at radius 3 is 2.83 bits per heavy atom. The molecule has 0 spiro atoms. The number of hydrogen-bond donors (Lipinski definition) is 1. The van der Waals surface area contributed by atoms with Crippen molar-refractivity contribution in [1.29, 1.82) is 0 Å². The number of nitrogens with one attached hydrogen (secondary N) is 1. The fourth-order valence-corrected chi connectivity index (χ4v) is 3.04. The largest absolute Gasteiger partial charge is 0.363 e. The number of aromatic nitrogens is 2. The molecule has 1 aromatic carbocycles. The third-order valence-electron chi connectivity index (χ3n) is 4.30. The molecule has 2 heterocycles. The van der Waals surface area contributed by atoms with Crippen molar-refractivity contribution in [2.75, 3.05) is 30.9 Å². The molecule has 0 saturated carbocycles. The molecule has 0 bridgehead atoms. The van der Waals surface area contributed by atoms with Gasteiger partial charge in [-0.1, -0.05) is 30.3 Å². The van der Waals surface area contributed by atoms with Gasteiger partial charge in [-0.3, -0.25) is 5.32 Å². The molecule has 1 N–H and O–H groups in total. The summed E-state index contributed by atoms with van der Waals surface area (Å²) in [7, 11) is 3.81. The number of urea groups is 1. The van der Waals surface area contributed by atoms with Crippen molar-refractivity contribution < 1.29 is 4.79 Å². The van der Waals surface area contributed by atoms with Crippen LogP contribution in [0.4, 0.5) is 16.4 Å². The van der Waals surface area contributed by atoms with Gasteiger partial charge in [0.1, 0.15) is 18.0 Å². The smallest absolute Gasteiger partial charge is 0.323 e. The van der Waals surface area contributed by atoms with E-state index >= 15 is 0 Å². The van der Waals surface area contributed by atoms with Gasteiger partial charge in [-0.2, -0.15) is 0 Å². The highest BCUT2D eigenvalue weighted by Crippen LogP contribution is 2.22. The number of amides is 2. The minimum Gasteiger partial charge on any atom is -0.363 e. The highest BCUT2D eigenvalue weighted by Gasteiger charge is 2.29. The Morgan fingerprint density at radius 2 is 2.08 bits per heavy atom. The van der Waals surface area contributed by atoms with Gasteiger partial charge in [0, 0.05) is 32.7 Å². The molecule has 1 fully saturated rings. The van der Waals surface area contributed by atoms with Gasteiger partial charge in [-0.15, -0.1) is 0 Å². The van der Waals surface area contributed by atoms with Crippen LogP contribution in [0.1, 0.15) is 18.4 Å². The fraction of sp³-hybridized carbons (Fsp3) is 0.389. The van der Waals surface area contributed by atoms with Gasteiger partial charge >= 0.3 is 6.03 Å². The zero-order valence-electron chi connectivity index (χ0n) is 14.1. The van der Waals surface area contributed by atoms with E-state index in [1.165, 1.54) is 11.9 Å². The molecule has 1 aromatic heterocycles. The standard InChI is InChI=1S/C18H23N5O/c1-22(2)17-12-16(19-13-20-17)21-18(24)23-10-6-9-15(23)11-14-7-4-3-5-8-14/h3-5,7-8,12-13,15H,6,9-11H2,1-2H3,(H,19,20,21,24)/t15-/m1/s1. The average Bonchev–Trinajstić information content (AvgIpc) is 3.04. The molecule has 3 rings (SSSR count). The molecule has 2 aromatic rings. The molecule has 2 amide bonds. The lowest BCUT2D eigenvalue weighted by Crippen LogP contribution is -2.40. The average molecular weight is 325 g/mol. The van der Waals surface area contributed by atoms with E-state index in [2.05, 4.69) is 27.4 Å². The number of benzene rings is 1. The number of nitrogens with zero attached hydrogens (tertiary/aromatic N) is 4. The summed E-state index contributed by atoms with van der Waals surface area (Å²) in [6.07, 6.45) is 4.43. The Labute approximate surface area is 142 Å². The molecule has 24 heavy (non-hydrogen) atoms. The summed E-state index contributed by atoms with van der Waals surface area (Å²) in [6.45, 7) is 0.787. The van der Waals surface area contributed by atoms with Gasteiger partial charge in [-0.25, -0.2) is 14.8 Å². The van der Waals surface area contributed by atoms with Crippen molar-refractivity contribution in [3.05, 3.63) is 48.3 Å². The summed E-state index contributed by atoms with van der Waals surface area (Å²) in [5.41, 5.74) is 1.26. The zero-order valence-corrected chi connectivity index (χ0v) is 14.1. The van der Waals surface area contributed by atoms with Crippen molar-refractivity contribution in [3.8, 4) is 0 Å². The number of carbonyl (C=O) groups excluding carboxylic acids is 1. The third-order valence-corrected chi connectivity index (χ3v) is 4.30. The zero-order chi connectivity index (χ0) is 16.9. The molecule has 1 atom stereocenters. The maximum absolute atomic E-state index is 12.6. The first-order chi connectivity index (χ1) is 11.6. The quantitative estimate of drug-likeness (QED) is 0.939. The number of anilines is 2. The lowest BCUT2D eigenvalue weighted by atomic mass is 10.0. The van der Waals surface area contributed by atoms with Crippen LogP contribution in [0.25, 0.3) is 0 Å². The molecule has 6 heteroatoms. The van der Waals surface area contributed by atoms with E-state index in [9.17, 15) is 4.79 Å². The second-order valence-electron chi connectivity index (χ2n) is 6.27. The van der Waals surface area contributed by atoms with Crippen LogP contribution in [0.15, 0.2) is 42.7 Å². The van der Waals surface area contributed by atoms with E-state index in [-0.39, 0.29) is 12.1 Å². The maximum atomic E-state index is 12.6. The highest BCUT2D eigenvalue weighted by atomic mass is 16.2. The predicted molar refractivity (Wildman–Crippen MR) is 95.3 cm³/mol. The number of hydrogen-bond acceptors (Lipinski definition) is 4. The van der Waals surface area contributed by atoms with Gasteiger partial charge in [0.2, 0.25) is 0 Å². The first kappa shape index (κ1) is 16.2. The monoisotopic (exact) mass is 325 g/mol. The van der Waals surface area contributed by atoms with Gasteiger partial charge < -0.3 is 9.80 Å². The Bertz CT molecular complexity index is 689. The predicted octanol–water partition coefficient (Wildman–Crippen LogP) is 2.78. The molecule has 0 unspecified atom stereocenters. The van der Waals surface area contributed by atoms with Crippen LogP contribution < -0.4 is 10.2 Å². The SMILES string of the molecule is CN(C)c1cc(NC(=O)N2CCC[C@@H]2Cc2ccccc2)ncn1. The van der Waals surface area contributed by atoms with Gasteiger partial charge in [0.15, 0.2) is 0 Å². The van der Waals surface area contributed by atoms with Gasteiger partial charge in [0.25, 0.3) is 0 Å². The summed E-state index contributed by atoms with van der Waals surface area (Å²) < 4.78 is 0. The van der Waals surface area contributed by atoms with E-state index in [0.717, 1.165) is 31.6 Å². The summed E-state index contributed by atoms with van der Waals surface area (Å²) in [5.74, 6) is 1.30. The van der Waals surface area contributed by atoms with E-state index in [0.29, 0.717) is 5.82 Å². The van der Waals surface area contributed by atoms with E-state index in [1.54, 1.807) is 6.07 Å². The Morgan fingerprint density at radius 1 is 1.29 bits per heavy atom. The number of likely N-dealkylation sites (tertiary alicyclic amines) is 1. The molecular formula is C18H23N5O. The van der Waals surface area contributed by atoms with Crippen molar-refractivity contribution in [2.24, 2.45) is 0 Å². The normalized spacial score (nSPS) is 16.9. The molecule has 0 aliphatic carbocycles. The van der Waals surface area contributed by atoms with Gasteiger partial charge in [-0.05, 0) is 24.8 Å². The summed E-state index contributed by atoms with van der Waals surface area (Å²) in [6, 6.07) is 12.3. The second kappa shape index (κ2) is 7.29. The fourth-order valence-electron chi connectivity index (χ4n) is 3.04. The second-order valence-corrected chi connectivity index (χ2v) is 6.27. The van der Waals surface area contributed by atoms with E-state index in [4.69, 9.17) is 0 Å². The molecule has 1 aliphatic rings. The van der Waals surface area contributed by atoms with E-state index in [1.807, 2.05) is 42.1 Å². The first-order valence-electron chi connectivity index (χ1n) is 8.24. The van der Waals surface area contributed by atoms with Gasteiger partial charge in [0.05, 0.1) is 0 Å². The molecule has 6 nitrogen and oxygen atoms in total. The van der Waals surface area contributed by atoms with Crippen LogP contribution in [0.3, 0.4) is 0 Å². The van der Waals surface area contributed by atoms with Crippen molar-refractivity contribution >= 4 is 17.7 Å².